The van der Waals surface area contributed by atoms with Gasteiger partial charge in [-0.15, -0.1) is 12.4 Å². The van der Waals surface area contributed by atoms with Crippen molar-refractivity contribution in [3.63, 3.8) is 0 Å². The molecule has 0 spiro atoms. The molecule has 2 aliphatic rings. The highest BCUT2D eigenvalue weighted by Gasteiger charge is 2.31. The Balaban J connectivity index is 0.00000180. The first-order valence-corrected chi connectivity index (χ1v) is 8.50. The van der Waals surface area contributed by atoms with E-state index in [9.17, 15) is 13.5 Å². The maximum absolute atomic E-state index is 12.3. The van der Waals surface area contributed by atoms with Crippen LogP contribution in [0.3, 0.4) is 0 Å². The standard InChI is InChI=1S/C12H24N2O3S.ClH/c13-11-5-3-10(4-6-11)9-18(16,17)14-7-1-2-12(15)8-14;/h10-12,15H,1-9,13H2;1H. The van der Waals surface area contributed by atoms with Gasteiger partial charge >= 0.3 is 0 Å². The van der Waals surface area contributed by atoms with Gasteiger partial charge in [-0.3, -0.25) is 0 Å². The highest BCUT2D eigenvalue weighted by atomic mass is 35.5. The fourth-order valence-corrected chi connectivity index (χ4v) is 4.88. The lowest BCUT2D eigenvalue weighted by Crippen LogP contribution is -2.44. The van der Waals surface area contributed by atoms with Crippen molar-refractivity contribution in [3.8, 4) is 0 Å². The molecule has 114 valence electrons. The van der Waals surface area contributed by atoms with Crippen molar-refractivity contribution in [1.82, 2.24) is 4.31 Å². The van der Waals surface area contributed by atoms with Crippen LogP contribution in [0.1, 0.15) is 38.5 Å². The second-order valence-electron chi connectivity index (χ2n) is 5.71. The second-order valence-corrected chi connectivity index (χ2v) is 7.73. The number of nitrogens with zero attached hydrogens (tertiary/aromatic N) is 1. The Kier molecular flexibility index (Phi) is 6.53. The van der Waals surface area contributed by atoms with E-state index in [0.29, 0.717) is 13.0 Å². The van der Waals surface area contributed by atoms with Crippen molar-refractivity contribution in [1.29, 1.82) is 0 Å². The van der Waals surface area contributed by atoms with Crippen LogP contribution in [0.25, 0.3) is 0 Å². The van der Waals surface area contributed by atoms with Crippen molar-refractivity contribution >= 4 is 22.4 Å². The third-order valence-corrected chi connectivity index (χ3v) is 6.10. The van der Waals surface area contributed by atoms with Gasteiger partial charge in [-0.2, -0.15) is 4.31 Å². The third-order valence-electron chi connectivity index (χ3n) is 4.09. The summed E-state index contributed by atoms with van der Waals surface area (Å²) in [6, 6.07) is 0.251. The lowest BCUT2D eigenvalue weighted by Gasteiger charge is -2.32. The average Bonchev–Trinajstić information content (AvgIpc) is 2.32. The predicted molar refractivity (Wildman–Crippen MR) is 77.8 cm³/mol. The molecule has 5 nitrogen and oxygen atoms in total. The molecule has 0 aromatic heterocycles. The van der Waals surface area contributed by atoms with Crippen LogP contribution in [-0.4, -0.2) is 48.8 Å². The van der Waals surface area contributed by atoms with E-state index in [0.717, 1.165) is 32.1 Å². The highest BCUT2D eigenvalue weighted by Crippen LogP contribution is 2.26. The number of β-amino-alcohol motifs (C(OH)–C–C–N with tert-alkyl or cyclic N) is 1. The average molecular weight is 313 g/mol. The number of hydrogen-bond donors (Lipinski definition) is 2. The van der Waals surface area contributed by atoms with E-state index >= 15 is 0 Å². The van der Waals surface area contributed by atoms with Crippen LogP contribution in [0.4, 0.5) is 0 Å². The molecule has 1 aliphatic carbocycles. The first-order chi connectivity index (χ1) is 8.47. The Labute approximate surface area is 122 Å². The zero-order chi connectivity index (χ0) is 13.2. The molecule has 0 amide bonds. The largest absolute Gasteiger partial charge is 0.392 e. The van der Waals surface area contributed by atoms with E-state index in [2.05, 4.69) is 0 Å². The fraction of sp³-hybridized carbons (Fsp3) is 1.00. The minimum absolute atomic E-state index is 0. The second kappa shape index (κ2) is 7.22. The van der Waals surface area contributed by atoms with Crippen LogP contribution in [0.15, 0.2) is 0 Å². The van der Waals surface area contributed by atoms with Crippen molar-refractivity contribution in [2.24, 2.45) is 11.7 Å². The molecule has 2 rings (SSSR count). The summed E-state index contributed by atoms with van der Waals surface area (Å²) in [6.07, 6.45) is 4.67. The van der Waals surface area contributed by atoms with Crippen LogP contribution in [0.5, 0.6) is 0 Å². The lowest BCUT2D eigenvalue weighted by atomic mass is 9.88. The molecule has 1 aliphatic heterocycles. The topological polar surface area (TPSA) is 83.6 Å². The van der Waals surface area contributed by atoms with Gasteiger partial charge in [0.15, 0.2) is 0 Å². The van der Waals surface area contributed by atoms with Crippen molar-refractivity contribution < 1.29 is 13.5 Å². The van der Waals surface area contributed by atoms with E-state index < -0.39 is 16.1 Å². The number of hydrogen-bond acceptors (Lipinski definition) is 4. The summed E-state index contributed by atoms with van der Waals surface area (Å²) in [6.45, 7) is 0.834. The van der Waals surface area contributed by atoms with Crippen LogP contribution in [0, 0.1) is 5.92 Å². The van der Waals surface area contributed by atoms with E-state index in [-0.39, 0.29) is 36.7 Å². The predicted octanol–water partition coefficient (Wildman–Crippen LogP) is 0.712. The third kappa shape index (κ3) is 4.86. The Morgan fingerprint density at radius 1 is 1.16 bits per heavy atom. The zero-order valence-electron chi connectivity index (χ0n) is 11.2. The number of aliphatic hydroxyl groups is 1. The van der Waals surface area contributed by atoms with Crippen molar-refractivity contribution in [3.05, 3.63) is 0 Å². The molecule has 0 aromatic carbocycles. The summed E-state index contributed by atoms with van der Waals surface area (Å²) in [7, 11) is -3.20. The van der Waals surface area contributed by atoms with Gasteiger partial charge in [0.1, 0.15) is 0 Å². The number of nitrogens with two attached hydrogens (primary N) is 1. The molecule has 0 bridgehead atoms. The smallest absolute Gasteiger partial charge is 0.214 e. The van der Waals surface area contributed by atoms with Gasteiger partial charge < -0.3 is 10.8 Å². The molecule has 19 heavy (non-hydrogen) atoms. The van der Waals surface area contributed by atoms with Gasteiger partial charge in [0.25, 0.3) is 0 Å². The number of rotatable bonds is 3. The maximum atomic E-state index is 12.3. The van der Waals surface area contributed by atoms with Gasteiger partial charge in [-0.05, 0) is 44.4 Å². The van der Waals surface area contributed by atoms with Crippen molar-refractivity contribution in [2.45, 2.75) is 50.7 Å². The molecule has 2 fully saturated rings. The molecular formula is C12H25ClN2O3S. The summed E-state index contributed by atoms with van der Waals surface area (Å²) in [5.74, 6) is 0.473. The summed E-state index contributed by atoms with van der Waals surface area (Å²) >= 11 is 0. The number of piperidine rings is 1. The Morgan fingerprint density at radius 2 is 1.79 bits per heavy atom. The number of aliphatic hydroxyl groups excluding tert-OH is 1. The van der Waals surface area contributed by atoms with Crippen LogP contribution in [0.2, 0.25) is 0 Å². The monoisotopic (exact) mass is 312 g/mol. The molecule has 0 radical (unpaired) electrons. The summed E-state index contributed by atoms with van der Waals surface area (Å²) in [4.78, 5) is 0. The Morgan fingerprint density at radius 3 is 2.37 bits per heavy atom. The summed E-state index contributed by atoms with van der Waals surface area (Å²) < 4.78 is 26.0. The van der Waals surface area contributed by atoms with E-state index in [1.54, 1.807) is 0 Å². The molecular weight excluding hydrogens is 288 g/mol. The van der Waals surface area contributed by atoms with Crippen molar-refractivity contribution in [2.75, 3.05) is 18.8 Å². The molecule has 1 saturated heterocycles. The fourth-order valence-electron chi connectivity index (χ4n) is 2.93. The molecule has 1 heterocycles. The van der Waals surface area contributed by atoms with Gasteiger partial charge in [-0.25, -0.2) is 8.42 Å². The Bertz CT molecular complexity index is 369. The molecule has 7 heteroatoms. The van der Waals surface area contributed by atoms with Gasteiger partial charge in [0.05, 0.1) is 11.9 Å². The van der Waals surface area contributed by atoms with Crippen LogP contribution < -0.4 is 5.73 Å². The molecule has 1 saturated carbocycles. The summed E-state index contributed by atoms with van der Waals surface area (Å²) in [5, 5.41) is 9.56. The van der Waals surface area contributed by atoms with Gasteiger partial charge in [0.2, 0.25) is 10.0 Å². The quantitative estimate of drug-likeness (QED) is 0.804. The Hall–Kier alpha value is 0.120. The molecule has 1 unspecified atom stereocenters. The first kappa shape index (κ1) is 17.2. The van der Waals surface area contributed by atoms with E-state index in [1.807, 2.05) is 0 Å². The van der Waals surface area contributed by atoms with Crippen LogP contribution in [-0.2, 0) is 10.0 Å². The number of sulfonamides is 1. The summed E-state index contributed by atoms with van der Waals surface area (Å²) in [5.41, 5.74) is 5.83. The SMILES string of the molecule is Cl.NC1CCC(CS(=O)(=O)N2CCCC(O)C2)CC1. The van der Waals surface area contributed by atoms with E-state index in [4.69, 9.17) is 5.73 Å². The highest BCUT2D eigenvalue weighted by molar-refractivity contribution is 7.89. The first-order valence-electron chi connectivity index (χ1n) is 6.89. The molecule has 3 N–H and O–H groups in total. The maximum Gasteiger partial charge on any atom is 0.214 e. The van der Waals surface area contributed by atoms with Gasteiger partial charge in [0, 0.05) is 19.1 Å². The molecule has 1 atom stereocenters. The normalized spacial score (nSPS) is 33.7. The minimum atomic E-state index is -3.20. The number of halogens is 1. The lowest BCUT2D eigenvalue weighted by molar-refractivity contribution is 0.107. The van der Waals surface area contributed by atoms with Crippen LogP contribution >= 0.6 is 12.4 Å². The minimum Gasteiger partial charge on any atom is -0.392 e. The molecule has 0 aromatic rings. The van der Waals surface area contributed by atoms with Gasteiger partial charge in [-0.1, -0.05) is 0 Å². The zero-order valence-corrected chi connectivity index (χ0v) is 12.8. The van der Waals surface area contributed by atoms with E-state index in [1.165, 1.54) is 4.31 Å².